The Morgan fingerprint density at radius 2 is 2.00 bits per heavy atom. The summed E-state index contributed by atoms with van der Waals surface area (Å²) in [6.07, 6.45) is 5.37. The van der Waals surface area contributed by atoms with E-state index in [4.69, 9.17) is 4.74 Å². The SMILES string of the molecule is COc1ccc(-n2cnnc2[C@H](C)n2cccn2)cc1. The summed E-state index contributed by atoms with van der Waals surface area (Å²) < 4.78 is 8.97. The molecular weight excluding hydrogens is 254 g/mol. The number of nitrogens with zero attached hydrogens (tertiary/aromatic N) is 5. The van der Waals surface area contributed by atoms with Crippen molar-refractivity contribution in [3.63, 3.8) is 0 Å². The Hall–Kier alpha value is -2.63. The lowest BCUT2D eigenvalue weighted by molar-refractivity contribution is 0.414. The average Bonchev–Trinajstić information content (AvgIpc) is 3.18. The molecule has 0 bridgehead atoms. The molecule has 3 aromatic rings. The highest BCUT2D eigenvalue weighted by Crippen LogP contribution is 2.20. The summed E-state index contributed by atoms with van der Waals surface area (Å²) in [4.78, 5) is 0. The summed E-state index contributed by atoms with van der Waals surface area (Å²) in [5.74, 6) is 1.65. The Morgan fingerprint density at radius 1 is 1.20 bits per heavy atom. The highest BCUT2D eigenvalue weighted by atomic mass is 16.5. The van der Waals surface area contributed by atoms with Gasteiger partial charge in [-0.25, -0.2) is 0 Å². The summed E-state index contributed by atoms with van der Waals surface area (Å²) in [5.41, 5.74) is 0.991. The molecule has 0 aliphatic rings. The summed E-state index contributed by atoms with van der Waals surface area (Å²) in [6, 6.07) is 9.68. The van der Waals surface area contributed by atoms with Crippen LogP contribution in [-0.4, -0.2) is 31.7 Å². The first-order valence-corrected chi connectivity index (χ1v) is 6.33. The van der Waals surface area contributed by atoms with Crippen LogP contribution in [0, 0.1) is 0 Å². The lowest BCUT2D eigenvalue weighted by Crippen LogP contribution is -2.13. The molecule has 20 heavy (non-hydrogen) atoms. The number of rotatable bonds is 4. The van der Waals surface area contributed by atoms with Gasteiger partial charge in [0.25, 0.3) is 0 Å². The van der Waals surface area contributed by atoms with Gasteiger partial charge in [-0.1, -0.05) is 0 Å². The Kier molecular flexibility index (Phi) is 3.20. The van der Waals surface area contributed by atoms with Gasteiger partial charge < -0.3 is 4.74 Å². The second-order valence-electron chi connectivity index (χ2n) is 4.42. The molecule has 0 saturated heterocycles. The molecule has 6 heteroatoms. The Balaban J connectivity index is 1.97. The van der Waals surface area contributed by atoms with Crippen molar-refractivity contribution in [2.75, 3.05) is 7.11 Å². The van der Waals surface area contributed by atoms with Gasteiger partial charge in [-0.2, -0.15) is 5.10 Å². The monoisotopic (exact) mass is 269 g/mol. The van der Waals surface area contributed by atoms with E-state index in [1.807, 2.05) is 52.7 Å². The van der Waals surface area contributed by atoms with Crippen molar-refractivity contribution in [1.82, 2.24) is 24.5 Å². The van der Waals surface area contributed by atoms with Gasteiger partial charge in [-0.05, 0) is 37.3 Å². The third kappa shape index (κ3) is 2.16. The minimum Gasteiger partial charge on any atom is -0.497 e. The number of benzene rings is 1. The molecule has 102 valence electrons. The summed E-state index contributed by atoms with van der Waals surface area (Å²) in [6.45, 7) is 2.04. The summed E-state index contributed by atoms with van der Waals surface area (Å²) in [5, 5.41) is 12.5. The third-order valence-corrected chi connectivity index (χ3v) is 3.22. The first-order valence-electron chi connectivity index (χ1n) is 6.33. The lowest BCUT2D eigenvalue weighted by atomic mass is 10.2. The van der Waals surface area contributed by atoms with Gasteiger partial charge in [-0.3, -0.25) is 9.25 Å². The van der Waals surface area contributed by atoms with Crippen molar-refractivity contribution in [3.05, 3.63) is 54.9 Å². The van der Waals surface area contributed by atoms with Gasteiger partial charge in [0.1, 0.15) is 18.1 Å². The fraction of sp³-hybridized carbons (Fsp3) is 0.214. The molecule has 0 amide bonds. The first kappa shape index (κ1) is 12.4. The Labute approximate surface area is 116 Å². The highest BCUT2D eigenvalue weighted by Gasteiger charge is 2.16. The molecule has 0 unspecified atom stereocenters. The third-order valence-electron chi connectivity index (χ3n) is 3.22. The topological polar surface area (TPSA) is 57.8 Å². The van der Waals surface area contributed by atoms with Crippen LogP contribution >= 0.6 is 0 Å². The number of hydrogen-bond acceptors (Lipinski definition) is 4. The van der Waals surface area contributed by atoms with Gasteiger partial charge in [0.05, 0.1) is 7.11 Å². The zero-order valence-corrected chi connectivity index (χ0v) is 11.3. The summed E-state index contributed by atoms with van der Waals surface area (Å²) in [7, 11) is 1.65. The molecule has 0 N–H and O–H groups in total. The summed E-state index contributed by atoms with van der Waals surface area (Å²) >= 11 is 0. The largest absolute Gasteiger partial charge is 0.497 e. The fourth-order valence-corrected chi connectivity index (χ4v) is 2.10. The van der Waals surface area contributed by atoms with E-state index in [9.17, 15) is 0 Å². The van der Waals surface area contributed by atoms with Crippen LogP contribution in [0.25, 0.3) is 5.69 Å². The second kappa shape index (κ2) is 5.16. The van der Waals surface area contributed by atoms with E-state index in [1.54, 1.807) is 19.6 Å². The fourth-order valence-electron chi connectivity index (χ4n) is 2.10. The van der Waals surface area contributed by atoms with Crippen LogP contribution < -0.4 is 4.74 Å². The van der Waals surface area contributed by atoms with Crippen LogP contribution in [0.2, 0.25) is 0 Å². The van der Waals surface area contributed by atoms with Crippen LogP contribution in [0.1, 0.15) is 18.8 Å². The van der Waals surface area contributed by atoms with E-state index in [0.29, 0.717) is 0 Å². The Bertz CT molecular complexity index is 672. The quantitative estimate of drug-likeness (QED) is 0.727. The maximum Gasteiger partial charge on any atom is 0.162 e. The molecule has 6 nitrogen and oxygen atoms in total. The van der Waals surface area contributed by atoms with Gasteiger partial charge in [0, 0.05) is 18.1 Å². The average molecular weight is 269 g/mol. The smallest absolute Gasteiger partial charge is 0.162 e. The highest BCUT2D eigenvalue weighted by molar-refractivity contribution is 5.38. The van der Waals surface area contributed by atoms with E-state index in [2.05, 4.69) is 15.3 Å². The molecule has 0 aliphatic carbocycles. The van der Waals surface area contributed by atoms with Gasteiger partial charge in [0.15, 0.2) is 5.82 Å². The van der Waals surface area contributed by atoms with Crippen LogP contribution in [0.15, 0.2) is 49.1 Å². The van der Waals surface area contributed by atoms with Gasteiger partial charge in [-0.15, -0.1) is 10.2 Å². The molecular formula is C14H15N5O. The zero-order chi connectivity index (χ0) is 13.9. The molecule has 2 heterocycles. The normalized spacial score (nSPS) is 12.3. The van der Waals surface area contributed by atoms with E-state index in [1.165, 1.54) is 0 Å². The van der Waals surface area contributed by atoms with Crippen LogP contribution in [0.3, 0.4) is 0 Å². The van der Waals surface area contributed by atoms with E-state index >= 15 is 0 Å². The first-order chi connectivity index (χ1) is 9.79. The lowest BCUT2D eigenvalue weighted by Gasteiger charge is -2.13. The van der Waals surface area contributed by atoms with Crippen LogP contribution in [-0.2, 0) is 0 Å². The van der Waals surface area contributed by atoms with Crippen molar-refractivity contribution in [1.29, 1.82) is 0 Å². The molecule has 3 rings (SSSR count). The maximum atomic E-state index is 5.17. The number of aromatic nitrogens is 5. The second-order valence-corrected chi connectivity index (χ2v) is 4.42. The molecule has 0 radical (unpaired) electrons. The number of ether oxygens (including phenoxy) is 1. The maximum absolute atomic E-state index is 5.17. The van der Waals surface area contributed by atoms with E-state index < -0.39 is 0 Å². The minimum absolute atomic E-state index is 0.00889. The molecule has 0 spiro atoms. The van der Waals surface area contributed by atoms with Crippen molar-refractivity contribution < 1.29 is 4.74 Å². The molecule has 2 aromatic heterocycles. The van der Waals surface area contributed by atoms with Gasteiger partial charge in [0.2, 0.25) is 0 Å². The number of methoxy groups -OCH3 is 1. The molecule has 1 atom stereocenters. The molecule has 0 saturated carbocycles. The van der Waals surface area contributed by atoms with E-state index in [-0.39, 0.29) is 6.04 Å². The van der Waals surface area contributed by atoms with E-state index in [0.717, 1.165) is 17.3 Å². The standard InChI is InChI=1S/C14H15N5O/c1-11(19-9-3-8-16-19)14-17-15-10-18(14)12-4-6-13(20-2)7-5-12/h3-11H,1-2H3/t11-/m0/s1. The van der Waals surface area contributed by atoms with Crippen molar-refractivity contribution >= 4 is 0 Å². The Morgan fingerprint density at radius 3 is 2.65 bits per heavy atom. The minimum atomic E-state index is 0.00889. The van der Waals surface area contributed by atoms with Crippen molar-refractivity contribution in [2.45, 2.75) is 13.0 Å². The van der Waals surface area contributed by atoms with Gasteiger partial charge >= 0.3 is 0 Å². The molecule has 0 fully saturated rings. The zero-order valence-electron chi connectivity index (χ0n) is 11.3. The predicted molar refractivity (Wildman–Crippen MR) is 74.0 cm³/mol. The van der Waals surface area contributed by atoms with Crippen LogP contribution in [0.5, 0.6) is 5.75 Å². The molecule has 0 aliphatic heterocycles. The van der Waals surface area contributed by atoms with Crippen molar-refractivity contribution in [2.24, 2.45) is 0 Å². The molecule has 1 aromatic carbocycles. The van der Waals surface area contributed by atoms with Crippen molar-refractivity contribution in [3.8, 4) is 11.4 Å². The number of hydrogen-bond donors (Lipinski definition) is 0. The van der Waals surface area contributed by atoms with Crippen LogP contribution in [0.4, 0.5) is 0 Å². The predicted octanol–water partition coefficient (Wildman–Crippen LogP) is 2.08.